The van der Waals surface area contributed by atoms with Crippen molar-refractivity contribution in [3.05, 3.63) is 14.7 Å². The van der Waals surface area contributed by atoms with Crippen LogP contribution in [-0.4, -0.2) is 32.4 Å². The van der Waals surface area contributed by atoms with E-state index >= 15 is 0 Å². The molecule has 1 aromatic heterocycles. The van der Waals surface area contributed by atoms with E-state index in [2.05, 4.69) is 28.2 Å². The summed E-state index contributed by atoms with van der Waals surface area (Å²) in [7, 11) is -1.68. The Hall–Kier alpha value is 0.0500. The van der Waals surface area contributed by atoms with Crippen molar-refractivity contribution >= 4 is 37.3 Å². The molecule has 0 spiro atoms. The van der Waals surface area contributed by atoms with Gasteiger partial charge in [0.2, 0.25) is 10.0 Å². The quantitative estimate of drug-likeness (QED) is 0.738. The van der Waals surface area contributed by atoms with Crippen LogP contribution < -0.4 is 5.32 Å². The van der Waals surface area contributed by atoms with Crippen molar-refractivity contribution in [2.45, 2.75) is 50.1 Å². The Labute approximate surface area is 133 Å². The van der Waals surface area contributed by atoms with Crippen molar-refractivity contribution in [3.8, 4) is 0 Å². The van der Waals surface area contributed by atoms with Crippen LogP contribution in [0.15, 0.2) is 14.7 Å². The molecule has 1 N–H and O–H groups in total. The highest BCUT2D eigenvalue weighted by molar-refractivity contribution is 9.11. The first-order valence-electron chi connectivity index (χ1n) is 6.93. The summed E-state index contributed by atoms with van der Waals surface area (Å²) in [4.78, 5) is 1.45. The minimum absolute atomic E-state index is 0.175. The van der Waals surface area contributed by atoms with Crippen molar-refractivity contribution in [3.63, 3.8) is 0 Å². The summed E-state index contributed by atoms with van der Waals surface area (Å²) in [5, 5.41) is 3.30. The zero-order valence-electron chi connectivity index (χ0n) is 11.9. The van der Waals surface area contributed by atoms with E-state index in [1.54, 1.807) is 13.1 Å². The largest absolute Gasteiger partial charge is 0.312 e. The molecule has 0 radical (unpaired) electrons. The predicted molar refractivity (Wildman–Crippen MR) is 86.6 cm³/mol. The van der Waals surface area contributed by atoms with Crippen LogP contribution in [0.4, 0.5) is 0 Å². The molecule has 4 nitrogen and oxygen atoms in total. The number of thiophene rings is 1. The monoisotopic (exact) mass is 380 g/mol. The molecule has 1 aromatic rings. The Morgan fingerprint density at radius 1 is 1.50 bits per heavy atom. The van der Waals surface area contributed by atoms with Gasteiger partial charge in [0.25, 0.3) is 0 Å². The van der Waals surface area contributed by atoms with E-state index in [0.717, 1.165) is 43.6 Å². The first-order valence-corrected chi connectivity index (χ1v) is 9.98. The summed E-state index contributed by atoms with van der Waals surface area (Å²) in [6, 6.07) is 1.97. The van der Waals surface area contributed by atoms with Gasteiger partial charge in [0, 0.05) is 24.5 Å². The third-order valence-electron chi connectivity index (χ3n) is 3.68. The van der Waals surface area contributed by atoms with Gasteiger partial charge < -0.3 is 5.32 Å². The number of nitrogens with zero attached hydrogens (tertiary/aromatic N) is 1. The van der Waals surface area contributed by atoms with Crippen LogP contribution in [0.2, 0.25) is 0 Å². The zero-order valence-corrected chi connectivity index (χ0v) is 15.1. The normalized spacial score (nSPS) is 16.6. The van der Waals surface area contributed by atoms with E-state index in [9.17, 15) is 8.42 Å². The lowest BCUT2D eigenvalue weighted by molar-refractivity contribution is 0.249. The lowest BCUT2D eigenvalue weighted by Gasteiger charge is -2.33. The Balaban J connectivity index is 2.14. The molecule has 0 aromatic carbocycles. The fourth-order valence-corrected chi connectivity index (χ4v) is 6.17. The maximum atomic E-state index is 12.6. The first-order chi connectivity index (χ1) is 9.46. The van der Waals surface area contributed by atoms with Gasteiger partial charge in [-0.3, -0.25) is 0 Å². The molecule has 114 valence electrons. The van der Waals surface area contributed by atoms with Crippen molar-refractivity contribution < 1.29 is 8.42 Å². The molecular weight excluding hydrogens is 360 g/mol. The van der Waals surface area contributed by atoms with Crippen molar-refractivity contribution in [1.29, 1.82) is 0 Å². The van der Waals surface area contributed by atoms with Gasteiger partial charge >= 0.3 is 0 Å². The Kier molecular flexibility index (Phi) is 5.64. The second kappa shape index (κ2) is 6.87. The molecule has 0 aliphatic heterocycles. The highest BCUT2D eigenvalue weighted by atomic mass is 79.9. The van der Waals surface area contributed by atoms with E-state index in [1.807, 2.05) is 0 Å². The maximum Gasteiger partial charge on any atom is 0.245 e. The van der Waals surface area contributed by atoms with Gasteiger partial charge in [-0.05, 0) is 47.8 Å². The molecule has 1 saturated carbocycles. The highest BCUT2D eigenvalue weighted by Gasteiger charge is 2.33. The molecule has 1 aliphatic carbocycles. The number of halogens is 1. The zero-order chi connectivity index (χ0) is 14.8. The van der Waals surface area contributed by atoms with Crippen LogP contribution in [0.5, 0.6) is 0 Å². The van der Waals surface area contributed by atoms with E-state index in [0.29, 0.717) is 8.68 Å². The molecule has 20 heavy (non-hydrogen) atoms. The van der Waals surface area contributed by atoms with Crippen LogP contribution >= 0.6 is 27.3 Å². The van der Waals surface area contributed by atoms with Crippen molar-refractivity contribution in [2.75, 3.05) is 13.6 Å². The third-order valence-corrected chi connectivity index (χ3v) is 7.84. The minimum Gasteiger partial charge on any atom is -0.312 e. The third kappa shape index (κ3) is 3.44. The maximum absolute atomic E-state index is 12.6. The molecule has 1 fully saturated rings. The molecule has 0 atom stereocenters. The summed E-state index contributed by atoms with van der Waals surface area (Å²) < 4.78 is 27.5. The fourth-order valence-electron chi connectivity index (χ4n) is 2.15. The second-order valence-electron chi connectivity index (χ2n) is 5.13. The van der Waals surface area contributed by atoms with Gasteiger partial charge in [0.05, 0.1) is 3.79 Å². The Bertz CT molecular complexity index is 553. The van der Waals surface area contributed by atoms with Gasteiger partial charge in [-0.2, -0.15) is 4.31 Å². The molecule has 7 heteroatoms. The molecule has 0 saturated heterocycles. The molecule has 0 amide bonds. The minimum atomic E-state index is -3.37. The van der Waals surface area contributed by atoms with Crippen LogP contribution in [-0.2, 0) is 16.6 Å². The number of sulfonamides is 1. The topological polar surface area (TPSA) is 49.4 Å². The standard InChI is InChI=1S/C13H21BrN2O2S2/c1-3-7-15-9-11-8-12(13(14)19-11)20(17,18)16(2)10-5-4-6-10/h8,10,15H,3-7,9H2,1-2H3. The SMILES string of the molecule is CCCNCc1cc(S(=O)(=O)N(C)C2CCC2)c(Br)s1. The van der Waals surface area contributed by atoms with Gasteiger partial charge in [-0.1, -0.05) is 13.3 Å². The first kappa shape index (κ1) is 16.4. The summed E-state index contributed by atoms with van der Waals surface area (Å²) >= 11 is 4.90. The lowest BCUT2D eigenvalue weighted by atomic mass is 9.94. The number of nitrogens with one attached hydrogen (secondary N) is 1. The number of hydrogen-bond acceptors (Lipinski definition) is 4. The van der Waals surface area contributed by atoms with Crippen LogP contribution in [0.1, 0.15) is 37.5 Å². The molecule has 0 bridgehead atoms. The Morgan fingerprint density at radius 2 is 2.20 bits per heavy atom. The van der Waals surface area contributed by atoms with E-state index in [1.165, 1.54) is 15.6 Å². The molecular formula is C13H21BrN2O2S2. The smallest absolute Gasteiger partial charge is 0.245 e. The molecule has 0 unspecified atom stereocenters. The molecule has 2 rings (SSSR count). The van der Waals surface area contributed by atoms with E-state index in [-0.39, 0.29) is 6.04 Å². The second-order valence-corrected chi connectivity index (χ2v) is 9.55. The fraction of sp³-hybridized carbons (Fsp3) is 0.692. The number of rotatable bonds is 7. The number of hydrogen-bond donors (Lipinski definition) is 1. The van der Waals surface area contributed by atoms with Crippen LogP contribution in [0.3, 0.4) is 0 Å². The van der Waals surface area contributed by atoms with Gasteiger partial charge in [0.1, 0.15) is 4.90 Å². The lowest BCUT2D eigenvalue weighted by Crippen LogP contribution is -2.41. The van der Waals surface area contributed by atoms with Crippen LogP contribution in [0.25, 0.3) is 0 Å². The summed E-state index contributed by atoms with van der Waals surface area (Å²) in [5.74, 6) is 0. The molecule has 1 aliphatic rings. The summed E-state index contributed by atoms with van der Waals surface area (Å²) in [6.45, 7) is 3.78. The highest BCUT2D eigenvalue weighted by Crippen LogP contribution is 2.36. The average Bonchev–Trinajstić information content (AvgIpc) is 2.69. The predicted octanol–water partition coefficient (Wildman–Crippen LogP) is 3.18. The van der Waals surface area contributed by atoms with Crippen molar-refractivity contribution in [1.82, 2.24) is 9.62 Å². The molecule has 1 heterocycles. The van der Waals surface area contributed by atoms with Gasteiger partial charge in [0.15, 0.2) is 0 Å². The van der Waals surface area contributed by atoms with E-state index < -0.39 is 10.0 Å². The Morgan fingerprint density at radius 3 is 2.75 bits per heavy atom. The van der Waals surface area contributed by atoms with E-state index in [4.69, 9.17) is 0 Å². The van der Waals surface area contributed by atoms with Gasteiger partial charge in [-0.15, -0.1) is 11.3 Å². The summed E-state index contributed by atoms with van der Waals surface area (Å²) in [5.41, 5.74) is 0. The van der Waals surface area contributed by atoms with Crippen molar-refractivity contribution in [2.24, 2.45) is 0 Å². The summed E-state index contributed by atoms with van der Waals surface area (Å²) in [6.07, 6.45) is 4.15. The van der Waals surface area contributed by atoms with Gasteiger partial charge in [-0.25, -0.2) is 8.42 Å². The van der Waals surface area contributed by atoms with Crippen LogP contribution in [0, 0.1) is 0 Å². The average molecular weight is 381 g/mol.